The largest absolute Gasteiger partial charge is 0.403 e. The molecule has 156 valence electrons. The number of nitrogen functional groups attached to an aromatic ring is 1. The number of anilines is 2. The highest BCUT2D eigenvalue weighted by Crippen LogP contribution is 2.28. The van der Waals surface area contributed by atoms with Crippen molar-refractivity contribution < 1.29 is 17.9 Å². The number of nitrogens with zero attached hydrogens (tertiary/aromatic N) is 1. The second kappa shape index (κ2) is 9.09. The number of nitrogens with two attached hydrogens (primary N) is 2. The molecular formula is C21H25F3N4O. The lowest BCUT2D eigenvalue weighted by Gasteiger charge is -2.33. The first-order chi connectivity index (χ1) is 13.9. The van der Waals surface area contributed by atoms with Gasteiger partial charge in [0, 0.05) is 48.3 Å². The maximum atomic E-state index is 14.3. The molecule has 2 aromatic rings. The topological polar surface area (TPSA) is 76.5 Å². The van der Waals surface area contributed by atoms with Crippen LogP contribution in [0.1, 0.15) is 30.0 Å². The second-order valence-corrected chi connectivity index (χ2v) is 6.95. The summed E-state index contributed by atoms with van der Waals surface area (Å²) in [4.78, 5) is 2.19. The van der Waals surface area contributed by atoms with E-state index in [2.05, 4.69) is 10.2 Å². The molecule has 1 saturated heterocycles. The molecule has 0 amide bonds. The van der Waals surface area contributed by atoms with Crippen LogP contribution in [0.3, 0.4) is 0 Å². The first kappa shape index (κ1) is 20.9. The molecule has 0 aromatic heterocycles. The van der Waals surface area contributed by atoms with Crippen LogP contribution in [0.15, 0.2) is 42.6 Å². The highest BCUT2D eigenvalue weighted by Gasteiger charge is 2.19. The fourth-order valence-corrected chi connectivity index (χ4v) is 3.37. The summed E-state index contributed by atoms with van der Waals surface area (Å²) < 4.78 is 45.7. The maximum absolute atomic E-state index is 14.3. The molecule has 1 fully saturated rings. The van der Waals surface area contributed by atoms with Gasteiger partial charge in [-0.05, 0) is 25.1 Å². The molecule has 2 aromatic carbocycles. The van der Waals surface area contributed by atoms with Gasteiger partial charge in [-0.3, -0.25) is 0 Å². The zero-order valence-electron chi connectivity index (χ0n) is 16.2. The number of benzene rings is 2. The Hall–Kier alpha value is -2.87. The maximum Gasteiger partial charge on any atom is 0.266 e. The van der Waals surface area contributed by atoms with E-state index in [0.29, 0.717) is 23.6 Å². The summed E-state index contributed by atoms with van der Waals surface area (Å²) in [6, 6.07) is 9.56. The summed E-state index contributed by atoms with van der Waals surface area (Å²) in [5.74, 6) is -0.921. The van der Waals surface area contributed by atoms with Crippen molar-refractivity contribution in [3.8, 4) is 0 Å². The lowest BCUT2D eigenvalue weighted by molar-refractivity contribution is 0.0532. The van der Waals surface area contributed by atoms with Gasteiger partial charge in [0.1, 0.15) is 5.82 Å². The van der Waals surface area contributed by atoms with Crippen molar-refractivity contribution in [1.82, 2.24) is 5.32 Å². The van der Waals surface area contributed by atoms with Gasteiger partial charge in [0.05, 0.1) is 24.0 Å². The molecule has 0 radical (unpaired) electrons. The number of rotatable bonds is 6. The first-order valence-electron chi connectivity index (χ1n) is 9.38. The normalized spacial score (nSPS) is 17.6. The third-order valence-corrected chi connectivity index (χ3v) is 4.91. The lowest BCUT2D eigenvalue weighted by Crippen LogP contribution is -2.41. The van der Waals surface area contributed by atoms with E-state index in [1.807, 2.05) is 19.1 Å². The zero-order valence-corrected chi connectivity index (χ0v) is 16.2. The standard InChI is InChI=1S/C21H25F3N4O/c1-13-12-28(7-8-29-13)15-5-6-18(26)17(9-15)19(10-25)27-11-14-3-2-4-16(20(14)22)21(23)24/h2-6,9-10,13,21,27H,7-8,11-12,25-26H2,1H3/b19-10+/t13-/m1/s1. The van der Waals surface area contributed by atoms with E-state index < -0.39 is 17.8 Å². The van der Waals surface area contributed by atoms with Crippen LogP contribution in [0.5, 0.6) is 0 Å². The Balaban J connectivity index is 1.80. The molecule has 0 bridgehead atoms. The predicted molar refractivity (Wildman–Crippen MR) is 109 cm³/mol. The quantitative estimate of drug-likeness (QED) is 0.639. The van der Waals surface area contributed by atoms with Crippen LogP contribution in [0.2, 0.25) is 0 Å². The molecule has 1 heterocycles. The molecule has 0 unspecified atom stereocenters. The molecule has 3 rings (SSSR count). The highest BCUT2D eigenvalue weighted by molar-refractivity contribution is 5.77. The molecule has 0 aliphatic carbocycles. The average Bonchev–Trinajstić information content (AvgIpc) is 2.70. The van der Waals surface area contributed by atoms with Crippen LogP contribution in [0, 0.1) is 5.82 Å². The van der Waals surface area contributed by atoms with Crippen LogP contribution in [-0.2, 0) is 11.3 Å². The van der Waals surface area contributed by atoms with E-state index in [4.69, 9.17) is 16.2 Å². The van der Waals surface area contributed by atoms with E-state index in [0.717, 1.165) is 24.8 Å². The Morgan fingerprint density at radius 2 is 2.14 bits per heavy atom. The molecular weight excluding hydrogens is 381 g/mol. The van der Waals surface area contributed by atoms with Crippen molar-refractivity contribution in [1.29, 1.82) is 0 Å². The fraction of sp³-hybridized carbons (Fsp3) is 0.333. The molecule has 1 aliphatic heterocycles. The minimum atomic E-state index is -2.87. The monoisotopic (exact) mass is 406 g/mol. The van der Waals surface area contributed by atoms with Gasteiger partial charge in [-0.25, -0.2) is 13.2 Å². The van der Waals surface area contributed by atoms with Crippen molar-refractivity contribution in [3.05, 3.63) is 65.1 Å². The molecule has 0 spiro atoms. The Labute approximate surface area is 168 Å². The summed E-state index contributed by atoms with van der Waals surface area (Å²) >= 11 is 0. The van der Waals surface area contributed by atoms with Gasteiger partial charge >= 0.3 is 0 Å². The highest BCUT2D eigenvalue weighted by atomic mass is 19.3. The minimum Gasteiger partial charge on any atom is -0.403 e. The van der Waals surface area contributed by atoms with Crippen molar-refractivity contribution >= 4 is 17.1 Å². The molecule has 5 N–H and O–H groups in total. The van der Waals surface area contributed by atoms with Crippen LogP contribution >= 0.6 is 0 Å². The van der Waals surface area contributed by atoms with Gasteiger partial charge in [-0.15, -0.1) is 0 Å². The van der Waals surface area contributed by atoms with E-state index in [1.165, 1.54) is 18.3 Å². The Kier molecular flexibility index (Phi) is 6.53. The molecule has 0 saturated carbocycles. The van der Waals surface area contributed by atoms with Gasteiger partial charge < -0.3 is 26.4 Å². The number of alkyl halides is 2. The first-order valence-corrected chi connectivity index (χ1v) is 9.38. The van der Waals surface area contributed by atoms with Crippen LogP contribution < -0.4 is 21.7 Å². The molecule has 1 aliphatic rings. The molecule has 29 heavy (non-hydrogen) atoms. The zero-order chi connectivity index (χ0) is 21.0. The average molecular weight is 406 g/mol. The van der Waals surface area contributed by atoms with E-state index in [1.54, 1.807) is 6.07 Å². The van der Waals surface area contributed by atoms with E-state index in [-0.39, 0.29) is 18.2 Å². The van der Waals surface area contributed by atoms with Crippen molar-refractivity contribution in [2.75, 3.05) is 30.3 Å². The summed E-state index contributed by atoms with van der Waals surface area (Å²) in [7, 11) is 0. The summed E-state index contributed by atoms with van der Waals surface area (Å²) in [5, 5.41) is 3.02. The van der Waals surface area contributed by atoms with Crippen LogP contribution in [0.25, 0.3) is 5.70 Å². The summed E-state index contributed by atoms with van der Waals surface area (Å²) in [6.07, 6.45) is -1.41. The van der Waals surface area contributed by atoms with Crippen LogP contribution in [0.4, 0.5) is 24.5 Å². The van der Waals surface area contributed by atoms with E-state index >= 15 is 0 Å². The van der Waals surface area contributed by atoms with Gasteiger partial charge in [0.25, 0.3) is 6.43 Å². The number of nitrogens with one attached hydrogen (secondary N) is 1. The third-order valence-electron chi connectivity index (χ3n) is 4.91. The third kappa shape index (κ3) is 4.76. The Morgan fingerprint density at radius 3 is 2.83 bits per heavy atom. The SMILES string of the molecule is C[C@@H]1CN(c2ccc(N)c(/C(=C\N)NCc3cccc(C(F)F)c3F)c2)CCO1. The van der Waals surface area contributed by atoms with Gasteiger partial charge in [0.15, 0.2) is 0 Å². The van der Waals surface area contributed by atoms with Gasteiger partial charge in [0.2, 0.25) is 0 Å². The number of morpholine rings is 1. The number of halogens is 3. The van der Waals surface area contributed by atoms with Crippen molar-refractivity contribution in [3.63, 3.8) is 0 Å². The lowest BCUT2D eigenvalue weighted by atomic mass is 10.1. The fourth-order valence-electron chi connectivity index (χ4n) is 3.37. The smallest absolute Gasteiger partial charge is 0.266 e. The second-order valence-electron chi connectivity index (χ2n) is 6.95. The summed E-state index contributed by atoms with van der Waals surface area (Å²) in [5.41, 5.74) is 14.0. The predicted octanol–water partition coefficient (Wildman–Crippen LogP) is 3.62. The van der Waals surface area contributed by atoms with Crippen LogP contribution in [-0.4, -0.2) is 25.8 Å². The minimum absolute atomic E-state index is 0.00627. The van der Waals surface area contributed by atoms with Crippen molar-refractivity contribution in [2.24, 2.45) is 5.73 Å². The molecule has 5 nitrogen and oxygen atoms in total. The summed E-state index contributed by atoms with van der Waals surface area (Å²) in [6.45, 7) is 4.16. The number of hydrogen-bond donors (Lipinski definition) is 3. The molecule has 8 heteroatoms. The van der Waals surface area contributed by atoms with Gasteiger partial charge in [-0.1, -0.05) is 18.2 Å². The number of ether oxygens (including phenoxy) is 1. The number of hydrogen-bond acceptors (Lipinski definition) is 5. The van der Waals surface area contributed by atoms with Crippen molar-refractivity contribution in [2.45, 2.75) is 26.0 Å². The Bertz CT molecular complexity index is 888. The Morgan fingerprint density at radius 1 is 1.34 bits per heavy atom. The van der Waals surface area contributed by atoms with Gasteiger partial charge in [-0.2, -0.15) is 0 Å². The van der Waals surface area contributed by atoms with E-state index in [9.17, 15) is 13.2 Å². The molecule has 1 atom stereocenters.